The van der Waals surface area contributed by atoms with Gasteiger partial charge in [0.05, 0.1) is 6.54 Å². The topological polar surface area (TPSA) is 64.3 Å². The lowest BCUT2D eigenvalue weighted by molar-refractivity contribution is -0.126. The Morgan fingerprint density at radius 3 is 2.58 bits per heavy atom. The summed E-state index contributed by atoms with van der Waals surface area (Å²) in [7, 11) is 0. The molecule has 0 aromatic heterocycles. The quantitative estimate of drug-likeness (QED) is 0.632. The number of carbonyl (C=O) groups excluding carboxylic acids is 1. The van der Waals surface area contributed by atoms with Gasteiger partial charge in [0.2, 0.25) is 5.91 Å². The van der Waals surface area contributed by atoms with Crippen LogP contribution in [0.4, 0.5) is 5.69 Å². The first-order chi connectivity index (χ1) is 9.25. The third-order valence-electron chi connectivity index (χ3n) is 3.53. The van der Waals surface area contributed by atoms with Crippen LogP contribution in [-0.4, -0.2) is 19.1 Å². The molecule has 0 atom stereocenters. The molecular weight excluding hydrogens is 240 g/mol. The number of rotatable bonds is 5. The van der Waals surface area contributed by atoms with E-state index in [-0.39, 0.29) is 11.8 Å². The maximum Gasteiger partial charge on any atom is 0.223 e. The number of nitrogen functional groups attached to an aromatic ring is 1. The Balaban J connectivity index is 1.63. The third-order valence-corrected chi connectivity index (χ3v) is 3.53. The Labute approximate surface area is 114 Å². The maximum absolute atomic E-state index is 11.9. The molecule has 3 N–H and O–H groups in total. The smallest absolute Gasteiger partial charge is 0.223 e. The van der Waals surface area contributed by atoms with E-state index in [0.29, 0.717) is 13.2 Å². The van der Waals surface area contributed by atoms with Crippen LogP contribution < -0.4 is 15.8 Å². The zero-order valence-electron chi connectivity index (χ0n) is 11.2. The van der Waals surface area contributed by atoms with Gasteiger partial charge in [-0.2, -0.15) is 0 Å². The highest BCUT2D eigenvalue weighted by atomic mass is 16.5. The molecule has 4 heteroatoms. The summed E-state index contributed by atoms with van der Waals surface area (Å²) in [6, 6.07) is 7.27. The van der Waals surface area contributed by atoms with E-state index >= 15 is 0 Å². The summed E-state index contributed by atoms with van der Waals surface area (Å²) < 4.78 is 5.53. The van der Waals surface area contributed by atoms with Crippen molar-refractivity contribution in [2.75, 3.05) is 18.9 Å². The second kappa shape index (κ2) is 7.02. The molecule has 19 heavy (non-hydrogen) atoms. The lowest BCUT2D eigenvalue weighted by Crippen LogP contribution is -2.34. The van der Waals surface area contributed by atoms with Gasteiger partial charge in [0.1, 0.15) is 12.4 Å². The standard InChI is InChI=1S/C15H22N2O2/c16-13-6-8-14(9-7-13)19-11-10-17-15(18)12-4-2-1-3-5-12/h6-9,12H,1-5,10-11,16H2,(H,17,18). The Morgan fingerprint density at radius 1 is 1.21 bits per heavy atom. The van der Waals surface area contributed by atoms with Crippen molar-refractivity contribution >= 4 is 11.6 Å². The van der Waals surface area contributed by atoms with E-state index in [4.69, 9.17) is 10.5 Å². The van der Waals surface area contributed by atoms with Crippen molar-refractivity contribution in [2.45, 2.75) is 32.1 Å². The van der Waals surface area contributed by atoms with E-state index in [1.165, 1.54) is 19.3 Å². The molecule has 1 saturated carbocycles. The summed E-state index contributed by atoms with van der Waals surface area (Å²) in [6.07, 6.45) is 5.69. The number of anilines is 1. The first-order valence-electron chi connectivity index (χ1n) is 7.02. The fraction of sp³-hybridized carbons (Fsp3) is 0.533. The lowest BCUT2D eigenvalue weighted by Gasteiger charge is -2.20. The molecule has 2 rings (SSSR count). The molecule has 4 nitrogen and oxygen atoms in total. The molecule has 104 valence electrons. The molecule has 0 saturated heterocycles. The van der Waals surface area contributed by atoms with Crippen LogP contribution in [0.3, 0.4) is 0 Å². The average molecular weight is 262 g/mol. The molecule has 1 aliphatic carbocycles. The number of hydrogen-bond acceptors (Lipinski definition) is 3. The summed E-state index contributed by atoms with van der Waals surface area (Å²) in [4.78, 5) is 11.9. The summed E-state index contributed by atoms with van der Waals surface area (Å²) in [5.74, 6) is 1.17. The number of nitrogens with one attached hydrogen (secondary N) is 1. The molecule has 0 aliphatic heterocycles. The zero-order chi connectivity index (χ0) is 13.5. The maximum atomic E-state index is 11.9. The van der Waals surface area contributed by atoms with E-state index in [0.717, 1.165) is 24.3 Å². The SMILES string of the molecule is Nc1ccc(OCCNC(=O)C2CCCCC2)cc1. The summed E-state index contributed by atoms with van der Waals surface area (Å²) in [5.41, 5.74) is 6.31. The van der Waals surface area contributed by atoms with Crippen molar-refractivity contribution in [1.82, 2.24) is 5.32 Å². The Hall–Kier alpha value is -1.71. The minimum Gasteiger partial charge on any atom is -0.492 e. The first kappa shape index (κ1) is 13.7. The monoisotopic (exact) mass is 262 g/mol. The fourth-order valence-electron chi connectivity index (χ4n) is 2.42. The first-order valence-corrected chi connectivity index (χ1v) is 7.02. The van der Waals surface area contributed by atoms with Gasteiger partial charge in [0.25, 0.3) is 0 Å². The average Bonchev–Trinajstić information content (AvgIpc) is 2.46. The van der Waals surface area contributed by atoms with Crippen molar-refractivity contribution in [3.63, 3.8) is 0 Å². The molecule has 0 heterocycles. The van der Waals surface area contributed by atoms with Crippen molar-refractivity contribution < 1.29 is 9.53 Å². The van der Waals surface area contributed by atoms with E-state index in [9.17, 15) is 4.79 Å². The summed E-state index contributed by atoms with van der Waals surface area (Å²) in [6.45, 7) is 1.04. The number of ether oxygens (including phenoxy) is 1. The molecule has 0 bridgehead atoms. The second-order valence-electron chi connectivity index (χ2n) is 5.04. The van der Waals surface area contributed by atoms with E-state index in [1.807, 2.05) is 12.1 Å². The van der Waals surface area contributed by atoms with Gasteiger partial charge >= 0.3 is 0 Å². The molecule has 0 radical (unpaired) electrons. The normalized spacial score (nSPS) is 16.0. The van der Waals surface area contributed by atoms with Gasteiger partial charge in [-0.25, -0.2) is 0 Å². The van der Waals surface area contributed by atoms with Crippen LogP contribution >= 0.6 is 0 Å². The van der Waals surface area contributed by atoms with Crippen LogP contribution in [0.5, 0.6) is 5.75 Å². The molecule has 1 aliphatic rings. The Morgan fingerprint density at radius 2 is 1.89 bits per heavy atom. The Kier molecular flexibility index (Phi) is 5.07. The largest absolute Gasteiger partial charge is 0.492 e. The highest BCUT2D eigenvalue weighted by Crippen LogP contribution is 2.23. The van der Waals surface area contributed by atoms with Crippen molar-refractivity contribution in [2.24, 2.45) is 5.92 Å². The van der Waals surface area contributed by atoms with E-state index in [1.54, 1.807) is 12.1 Å². The van der Waals surface area contributed by atoms with Crippen LogP contribution in [0.1, 0.15) is 32.1 Å². The fourth-order valence-corrected chi connectivity index (χ4v) is 2.42. The highest BCUT2D eigenvalue weighted by molar-refractivity contribution is 5.78. The highest BCUT2D eigenvalue weighted by Gasteiger charge is 2.20. The number of amides is 1. The molecule has 1 aromatic carbocycles. The third kappa shape index (κ3) is 4.47. The lowest BCUT2D eigenvalue weighted by atomic mass is 9.89. The van der Waals surface area contributed by atoms with Gasteiger partial charge in [-0.05, 0) is 37.1 Å². The predicted octanol–water partition coefficient (Wildman–Crippen LogP) is 2.34. The molecule has 0 unspecified atom stereocenters. The second-order valence-corrected chi connectivity index (χ2v) is 5.04. The van der Waals surface area contributed by atoms with E-state index < -0.39 is 0 Å². The predicted molar refractivity (Wildman–Crippen MR) is 75.9 cm³/mol. The molecule has 1 amide bonds. The number of carbonyl (C=O) groups is 1. The molecule has 1 fully saturated rings. The molecule has 0 spiro atoms. The van der Waals surface area contributed by atoms with Crippen molar-refractivity contribution in [1.29, 1.82) is 0 Å². The van der Waals surface area contributed by atoms with Crippen LogP contribution in [0.25, 0.3) is 0 Å². The number of benzene rings is 1. The van der Waals surface area contributed by atoms with Gasteiger partial charge in [-0.15, -0.1) is 0 Å². The van der Waals surface area contributed by atoms with Crippen LogP contribution in [-0.2, 0) is 4.79 Å². The van der Waals surface area contributed by atoms with Crippen LogP contribution in [0.2, 0.25) is 0 Å². The summed E-state index contributed by atoms with van der Waals surface area (Å²) in [5, 5.41) is 2.95. The van der Waals surface area contributed by atoms with Gasteiger partial charge < -0.3 is 15.8 Å². The number of nitrogens with two attached hydrogens (primary N) is 1. The van der Waals surface area contributed by atoms with Crippen LogP contribution in [0.15, 0.2) is 24.3 Å². The Bertz CT molecular complexity index is 397. The van der Waals surface area contributed by atoms with Gasteiger partial charge in [0, 0.05) is 11.6 Å². The minimum absolute atomic E-state index is 0.181. The van der Waals surface area contributed by atoms with Crippen molar-refractivity contribution in [3.05, 3.63) is 24.3 Å². The van der Waals surface area contributed by atoms with Gasteiger partial charge in [0.15, 0.2) is 0 Å². The molecule has 1 aromatic rings. The minimum atomic E-state index is 0.181. The van der Waals surface area contributed by atoms with Crippen LogP contribution in [0, 0.1) is 5.92 Å². The van der Waals surface area contributed by atoms with Gasteiger partial charge in [-0.1, -0.05) is 19.3 Å². The molecular formula is C15H22N2O2. The van der Waals surface area contributed by atoms with Crippen molar-refractivity contribution in [3.8, 4) is 5.75 Å². The van der Waals surface area contributed by atoms with E-state index in [2.05, 4.69) is 5.32 Å². The number of hydrogen-bond donors (Lipinski definition) is 2. The van der Waals surface area contributed by atoms with Gasteiger partial charge in [-0.3, -0.25) is 4.79 Å². The zero-order valence-corrected chi connectivity index (χ0v) is 11.2. The summed E-state index contributed by atoms with van der Waals surface area (Å²) >= 11 is 0.